The molecule has 0 N–H and O–H groups in total. The van der Waals surface area contributed by atoms with E-state index in [1.54, 1.807) is 4.57 Å². The highest BCUT2D eigenvalue weighted by molar-refractivity contribution is 5.67. The second-order valence-corrected chi connectivity index (χ2v) is 8.99. The molecule has 32 heavy (non-hydrogen) atoms. The molecule has 0 aromatic carbocycles. The molecule has 0 unspecified atom stereocenters. The molecule has 0 bridgehead atoms. The van der Waals surface area contributed by atoms with Gasteiger partial charge in [-0.1, -0.05) is 12.1 Å². The monoisotopic (exact) mass is 430 g/mol. The average Bonchev–Trinajstić information content (AvgIpc) is 3.57. The van der Waals surface area contributed by atoms with Gasteiger partial charge in [0.1, 0.15) is 11.2 Å². The van der Waals surface area contributed by atoms with Gasteiger partial charge in [0.25, 0.3) is 0 Å². The summed E-state index contributed by atoms with van der Waals surface area (Å²) in [5.74, 6) is 0.503. The summed E-state index contributed by atoms with van der Waals surface area (Å²) in [4.78, 5) is 23.8. The largest absolute Gasteiger partial charge is 0.300 e. The first kappa shape index (κ1) is 20.8. The smallest absolute Gasteiger partial charge is 0.219 e. The standard InChI is InChI=1S/C25H30N6O/c1-4-22(23-13-24-18(3)26-17(2)14-31(24)28-23)27-25-8-5-20(15-30(25)16-32)19-9-11-29(12-10-19)21-6-7-21/h4-5,8,13-16,19,21H,6-7,9-12H2,1-3H3/b22-4-,27-25-. The first-order valence-corrected chi connectivity index (χ1v) is 11.5. The second-order valence-electron chi connectivity index (χ2n) is 8.99. The van der Waals surface area contributed by atoms with Crippen molar-refractivity contribution in [3.8, 4) is 0 Å². The lowest BCUT2D eigenvalue weighted by Crippen LogP contribution is -2.34. The molecule has 1 saturated heterocycles. The second kappa shape index (κ2) is 8.47. The summed E-state index contributed by atoms with van der Waals surface area (Å²) >= 11 is 0. The summed E-state index contributed by atoms with van der Waals surface area (Å²) in [6, 6.07) is 6.91. The number of likely N-dealkylation sites (tertiary alicyclic amines) is 1. The molecule has 0 atom stereocenters. The van der Waals surface area contributed by atoms with Gasteiger partial charge in [-0.15, -0.1) is 0 Å². The molecule has 1 saturated carbocycles. The Morgan fingerprint density at radius 2 is 1.91 bits per heavy atom. The van der Waals surface area contributed by atoms with Crippen LogP contribution in [0, 0.1) is 13.8 Å². The number of allylic oxidation sites excluding steroid dienone is 1. The minimum Gasteiger partial charge on any atom is -0.300 e. The van der Waals surface area contributed by atoms with Gasteiger partial charge in [-0.25, -0.2) is 9.51 Å². The van der Waals surface area contributed by atoms with Crippen LogP contribution >= 0.6 is 0 Å². The van der Waals surface area contributed by atoms with Gasteiger partial charge in [0.05, 0.1) is 28.8 Å². The van der Waals surface area contributed by atoms with Crippen LogP contribution in [0.25, 0.3) is 11.2 Å². The van der Waals surface area contributed by atoms with Crippen molar-refractivity contribution in [2.75, 3.05) is 13.1 Å². The van der Waals surface area contributed by atoms with E-state index >= 15 is 0 Å². The maximum atomic E-state index is 11.9. The first-order chi connectivity index (χ1) is 15.6. The number of nitrogens with zero attached hydrogens (tertiary/aromatic N) is 6. The number of hydrogen-bond acceptors (Lipinski definition) is 5. The lowest BCUT2D eigenvalue weighted by Gasteiger charge is -2.32. The van der Waals surface area contributed by atoms with Crippen LogP contribution in [0.3, 0.4) is 0 Å². The van der Waals surface area contributed by atoms with E-state index < -0.39 is 0 Å². The summed E-state index contributed by atoms with van der Waals surface area (Å²) in [6.07, 6.45) is 11.7. The van der Waals surface area contributed by atoms with Crippen molar-refractivity contribution >= 4 is 17.6 Å². The molecular formula is C25H30N6O. The third kappa shape index (κ3) is 4.05. The zero-order valence-corrected chi connectivity index (χ0v) is 19.0. The summed E-state index contributed by atoms with van der Waals surface area (Å²) in [7, 11) is 0. The van der Waals surface area contributed by atoms with Gasteiger partial charge >= 0.3 is 0 Å². The van der Waals surface area contributed by atoms with Gasteiger partial charge in [-0.05, 0) is 83.2 Å². The van der Waals surface area contributed by atoms with E-state index in [9.17, 15) is 4.79 Å². The van der Waals surface area contributed by atoms with Crippen LogP contribution in [0.15, 0.2) is 41.7 Å². The van der Waals surface area contributed by atoms with Gasteiger partial charge in [0.15, 0.2) is 0 Å². The molecule has 7 heteroatoms. The third-order valence-corrected chi connectivity index (χ3v) is 6.69. The third-order valence-electron chi connectivity index (χ3n) is 6.69. The molecule has 166 valence electrons. The van der Waals surface area contributed by atoms with E-state index in [4.69, 9.17) is 4.99 Å². The Kier molecular flexibility index (Phi) is 5.51. The lowest BCUT2D eigenvalue weighted by molar-refractivity contribution is 0.203. The number of pyridine rings is 1. The quantitative estimate of drug-likeness (QED) is 0.581. The fourth-order valence-corrected chi connectivity index (χ4v) is 4.79. The van der Waals surface area contributed by atoms with E-state index in [2.05, 4.69) is 21.0 Å². The summed E-state index contributed by atoms with van der Waals surface area (Å²) in [5.41, 5.74) is 6.12. The van der Waals surface area contributed by atoms with Crippen LogP contribution < -0.4 is 5.49 Å². The Morgan fingerprint density at radius 3 is 2.59 bits per heavy atom. The average molecular weight is 431 g/mol. The Morgan fingerprint density at radius 1 is 1.12 bits per heavy atom. The summed E-state index contributed by atoms with van der Waals surface area (Å²) in [6.45, 7) is 8.19. The van der Waals surface area contributed by atoms with Crippen molar-refractivity contribution in [1.29, 1.82) is 0 Å². The highest BCUT2D eigenvalue weighted by Crippen LogP contribution is 2.34. The van der Waals surface area contributed by atoms with Crippen molar-refractivity contribution in [3.63, 3.8) is 0 Å². The van der Waals surface area contributed by atoms with E-state index in [0.717, 1.165) is 66.7 Å². The van der Waals surface area contributed by atoms with E-state index in [-0.39, 0.29) is 0 Å². The van der Waals surface area contributed by atoms with Crippen LogP contribution in [0.5, 0.6) is 0 Å². The number of carbonyl (C=O) groups excluding carboxylic acids is 1. The van der Waals surface area contributed by atoms with Crippen LogP contribution in [-0.2, 0) is 4.79 Å². The van der Waals surface area contributed by atoms with Crippen molar-refractivity contribution in [2.24, 2.45) is 4.99 Å². The van der Waals surface area contributed by atoms with Gasteiger partial charge in [0, 0.05) is 12.2 Å². The zero-order valence-electron chi connectivity index (χ0n) is 19.0. The molecule has 1 aliphatic heterocycles. The van der Waals surface area contributed by atoms with Crippen molar-refractivity contribution in [3.05, 3.63) is 64.8 Å². The normalized spacial score (nSPS) is 19.1. The molecular weight excluding hydrogens is 400 g/mol. The number of aromatic nitrogens is 4. The van der Waals surface area contributed by atoms with E-state index in [1.165, 1.54) is 18.4 Å². The molecule has 0 radical (unpaired) electrons. The fourth-order valence-electron chi connectivity index (χ4n) is 4.79. The molecule has 3 aromatic heterocycles. The highest BCUT2D eigenvalue weighted by atomic mass is 16.1. The van der Waals surface area contributed by atoms with E-state index in [0.29, 0.717) is 11.4 Å². The van der Waals surface area contributed by atoms with Crippen LogP contribution in [0.1, 0.15) is 61.2 Å². The van der Waals surface area contributed by atoms with Crippen LogP contribution in [-0.4, -0.2) is 49.6 Å². The number of piperidine rings is 1. The number of hydrogen-bond donors (Lipinski definition) is 0. The maximum absolute atomic E-state index is 11.9. The Labute approximate surface area is 188 Å². The van der Waals surface area contributed by atoms with Crippen molar-refractivity contribution in [2.45, 2.75) is 58.4 Å². The fraction of sp³-hybridized carbons (Fsp3) is 0.440. The summed E-state index contributed by atoms with van der Waals surface area (Å²) in [5, 5.41) is 4.69. The molecule has 5 rings (SSSR count). The molecule has 2 fully saturated rings. The SMILES string of the molecule is C/C=C(\N=c1\ccc(C2CCN(C3CC3)CC2)cn1C=O)c1cc2c(C)nc(C)cn2n1. The molecule has 0 spiro atoms. The van der Waals surface area contributed by atoms with Crippen LogP contribution in [0.2, 0.25) is 0 Å². The molecule has 7 nitrogen and oxygen atoms in total. The topological polar surface area (TPSA) is 67.8 Å². The predicted molar refractivity (Wildman–Crippen MR) is 125 cm³/mol. The minimum absolute atomic E-state index is 0.503. The van der Waals surface area contributed by atoms with E-state index in [1.807, 2.05) is 55.9 Å². The molecule has 1 aliphatic carbocycles. The number of rotatable bonds is 5. The molecule has 4 heterocycles. The Hall–Kier alpha value is -3.06. The summed E-state index contributed by atoms with van der Waals surface area (Å²) < 4.78 is 3.44. The van der Waals surface area contributed by atoms with Gasteiger partial charge < -0.3 is 4.90 Å². The lowest BCUT2D eigenvalue weighted by atomic mass is 9.90. The highest BCUT2D eigenvalue weighted by Gasteiger charge is 2.32. The minimum atomic E-state index is 0.503. The van der Waals surface area contributed by atoms with Crippen molar-refractivity contribution in [1.82, 2.24) is 24.1 Å². The predicted octanol–water partition coefficient (Wildman–Crippen LogP) is 3.49. The van der Waals surface area contributed by atoms with Gasteiger partial charge in [0.2, 0.25) is 6.41 Å². The van der Waals surface area contributed by atoms with Crippen molar-refractivity contribution < 1.29 is 4.79 Å². The molecule has 3 aromatic rings. The Balaban J connectivity index is 1.43. The number of fused-ring (bicyclic) bond motifs is 1. The number of aryl methyl sites for hydroxylation is 2. The first-order valence-electron chi connectivity index (χ1n) is 11.5. The maximum Gasteiger partial charge on any atom is 0.219 e. The Bertz CT molecular complexity index is 1260. The molecule has 0 amide bonds. The van der Waals surface area contributed by atoms with Gasteiger partial charge in [-0.2, -0.15) is 5.10 Å². The zero-order chi connectivity index (χ0) is 22.2. The van der Waals surface area contributed by atoms with Crippen LogP contribution in [0.4, 0.5) is 0 Å². The van der Waals surface area contributed by atoms with Gasteiger partial charge in [-0.3, -0.25) is 14.3 Å². The number of carbonyl (C=O) groups is 1. The molecule has 2 aliphatic rings.